The summed E-state index contributed by atoms with van der Waals surface area (Å²) in [5, 5.41) is 0.745. The van der Waals surface area contributed by atoms with Crippen LogP contribution in [0.4, 0.5) is 0 Å². The van der Waals surface area contributed by atoms with E-state index in [4.69, 9.17) is 16.3 Å². The van der Waals surface area contributed by atoms with E-state index in [2.05, 4.69) is 35.2 Å². The molecule has 1 unspecified atom stereocenters. The van der Waals surface area contributed by atoms with E-state index < -0.39 is 0 Å². The van der Waals surface area contributed by atoms with Crippen molar-refractivity contribution in [2.45, 2.75) is 19.1 Å². The molecule has 2 nitrogen and oxygen atoms in total. The van der Waals surface area contributed by atoms with Gasteiger partial charge in [0.1, 0.15) is 11.9 Å². The van der Waals surface area contributed by atoms with Crippen LogP contribution in [0.15, 0.2) is 54.6 Å². The summed E-state index contributed by atoms with van der Waals surface area (Å²) in [5.74, 6) is 0.904. The molecule has 104 valence electrons. The average molecular weight is 288 g/mol. The lowest BCUT2D eigenvalue weighted by Gasteiger charge is -2.17. The van der Waals surface area contributed by atoms with Crippen LogP contribution in [0.1, 0.15) is 12.0 Å². The summed E-state index contributed by atoms with van der Waals surface area (Å²) in [6.45, 7) is 3.08. The van der Waals surface area contributed by atoms with Crippen molar-refractivity contribution < 1.29 is 4.74 Å². The Hall–Kier alpha value is -1.51. The van der Waals surface area contributed by atoms with Gasteiger partial charge in [-0.15, -0.1) is 0 Å². The van der Waals surface area contributed by atoms with Gasteiger partial charge in [-0.1, -0.05) is 41.9 Å². The molecule has 1 saturated heterocycles. The molecule has 0 radical (unpaired) electrons. The first kappa shape index (κ1) is 13.5. The molecule has 1 fully saturated rings. The Morgan fingerprint density at radius 1 is 1.05 bits per heavy atom. The lowest BCUT2D eigenvalue weighted by Crippen LogP contribution is -2.24. The van der Waals surface area contributed by atoms with Crippen molar-refractivity contribution in [1.82, 2.24) is 4.90 Å². The molecule has 3 rings (SSSR count). The second-order valence-electron chi connectivity index (χ2n) is 5.20. The van der Waals surface area contributed by atoms with Crippen molar-refractivity contribution in [2.75, 3.05) is 13.1 Å². The highest BCUT2D eigenvalue weighted by atomic mass is 35.5. The quantitative estimate of drug-likeness (QED) is 0.843. The molecule has 0 amide bonds. The minimum Gasteiger partial charge on any atom is -0.489 e. The van der Waals surface area contributed by atoms with Crippen LogP contribution in [-0.4, -0.2) is 24.1 Å². The molecule has 3 heteroatoms. The van der Waals surface area contributed by atoms with Crippen molar-refractivity contribution in [2.24, 2.45) is 0 Å². The van der Waals surface area contributed by atoms with Crippen molar-refractivity contribution in [1.29, 1.82) is 0 Å². The molecule has 0 N–H and O–H groups in total. The maximum Gasteiger partial charge on any atom is 0.119 e. The fraction of sp³-hybridized carbons (Fsp3) is 0.294. The number of hydrogen-bond donors (Lipinski definition) is 0. The summed E-state index contributed by atoms with van der Waals surface area (Å²) < 4.78 is 6.00. The number of likely N-dealkylation sites (tertiary alicyclic amines) is 1. The second kappa shape index (κ2) is 6.29. The molecule has 2 aromatic carbocycles. The zero-order chi connectivity index (χ0) is 13.8. The minimum atomic E-state index is 0.278. The number of rotatable bonds is 4. The van der Waals surface area contributed by atoms with Crippen LogP contribution in [-0.2, 0) is 6.54 Å². The van der Waals surface area contributed by atoms with Crippen LogP contribution in [0.2, 0.25) is 5.02 Å². The lowest BCUT2D eigenvalue weighted by atomic mass is 10.2. The first-order chi connectivity index (χ1) is 9.79. The van der Waals surface area contributed by atoms with Crippen LogP contribution in [0, 0.1) is 0 Å². The number of nitrogens with zero attached hydrogens (tertiary/aromatic N) is 1. The molecular formula is C17H18ClNO. The fourth-order valence-corrected chi connectivity index (χ4v) is 2.71. The van der Waals surface area contributed by atoms with Gasteiger partial charge in [0.05, 0.1) is 0 Å². The molecule has 1 heterocycles. The number of ether oxygens (including phenoxy) is 1. The van der Waals surface area contributed by atoms with Crippen LogP contribution in [0.5, 0.6) is 5.75 Å². The standard InChI is InChI=1S/C17H18ClNO/c18-15-6-8-16(9-7-15)20-17-10-11-19(13-17)12-14-4-2-1-3-5-14/h1-9,17H,10-13H2. The molecule has 0 bridgehead atoms. The summed E-state index contributed by atoms with van der Waals surface area (Å²) >= 11 is 5.88. The summed E-state index contributed by atoms with van der Waals surface area (Å²) in [6.07, 6.45) is 1.36. The summed E-state index contributed by atoms with van der Waals surface area (Å²) in [5.41, 5.74) is 1.36. The second-order valence-corrected chi connectivity index (χ2v) is 5.64. The highest BCUT2D eigenvalue weighted by molar-refractivity contribution is 6.30. The monoisotopic (exact) mass is 287 g/mol. The SMILES string of the molecule is Clc1ccc(OC2CCN(Cc3ccccc3)C2)cc1. The largest absolute Gasteiger partial charge is 0.489 e. The summed E-state index contributed by atoms with van der Waals surface area (Å²) in [6, 6.07) is 18.2. The lowest BCUT2D eigenvalue weighted by molar-refractivity contribution is 0.198. The van der Waals surface area contributed by atoms with Gasteiger partial charge in [0.15, 0.2) is 0 Å². The van der Waals surface area contributed by atoms with Crippen LogP contribution in [0.25, 0.3) is 0 Å². The highest BCUT2D eigenvalue weighted by Gasteiger charge is 2.23. The molecule has 0 aromatic heterocycles. The highest BCUT2D eigenvalue weighted by Crippen LogP contribution is 2.21. The van der Waals surface area contributed by atoms with Crippen molar-refractivity contribution in [3.05, 3.63) is 65.2 Å². The van der Waals surface area contributed by atoms with Crippen LogP contribution < -0.4 is 4.74 Å². The molecule has 1 aliphatic heterocycles. The van der Waals surface area contributed by atoms with Gasteiger partial charge < -0.3 is 4.74 Å². The topological polar surface area (TPSA) is 12.5 Å². The molecule has 1 atom stereocenters. The Balaban J connectivity index is 1.53. The third kappa shape index (κ3) is 3.53. The zero-order valence-corrected chi connectivity index (χ0v) is 12.1. The number of hydrogen-bond acceptors (Lipinski definition) is 2. The fourth-order valence-electron chi connectivity index (χ4n) is 2.58. The van der Waals surface area contributed by atoms with E-state index in [1.165, 1.54) is 5.56 Å². The van der Waals surface area contributed by atoms with E-state index in [0.717, 1.165) is 36.8 Å². The minimum absolute atomic E-state index is 0.278. The molecule has 0 aliphatic carbocycles. The van der Waals surface area contributed by atoms with E-state index >= 15 is 0 Å². The average Bonchev–Trinajstić information content (AvgIpc) is 2.90. The Morgan fingerprint density at radius 2 is 1.80 bits per heavy atom. The number of benzene rings is 2. The predicted molar refractivity (Wildman–Crippen MR) is 82.2 cm³/mol. The summed E-state index contributed by atoms with van der Waals surface area (Å²) in [7, 11) is 0. The normalized spacial score (nSPS) is 19.1. The van der Waals surface area contributed by atoms with Crippen LogP contribution in [0.3, 0.4) is 0 Å². The van der Waals surface area contributed by atoms with Crippen molar-refractivity contribution in [3.8, 4) is 5.75 Å². The van der Waals surface area contributed by atoms with Crippen molar-refractivity contribution >= 4 is 11.6 Å². The molecule has 0 saturated carbocycles. The maximum absolute atomic E-state index is 6.00. The Morgan fingerprint density at radius 3 is 2.55 bits per heavy atom. The van der Waals surface area contributed by atoms with Gasteiger partial charge in [-0.3, -0.25) is 4.90 Å². The number of halogens is 1. The van der Waals surface area contributed by atoms with E-state index in [0.29, 0.717) is 0 Å². The van der Waals surface area contributed by atoms with Gasteiger partial charge in [0.2, 0.25) is 0 Å². The smallest absolute Gasteiger partial charge is 0.119 e. The third-order valence-corrected chi connectivity index (χ3v) is 3.85. The molecule has 1 aliphatic rings. The molecule has 20 heavy (non-hydrogen) atoms. The van der Waals surface area contributed by atoms with Gasteiger partial charge in [-0.2, -0.15) is 0 Å². The van der Waals surface area contributed by atoms with E-state index in [-0.39, 0.29) is 6.10 Å². The van der Waals surface area contributed by atoms with Crippen LogP contribution >= 0.6 is 11.6 Å². The first-order valence-corrected chi connectivity index (χ1v) is 7.36. The van der Waals surface area contributed by atoms with Gasteiger partial charge in [-0.05, 0) is 36.2 Å². The predicted octanol–water partition coefficient (Wildman–Crippen LogP) is 3.99. The molecular weight excluding hydrogens is 270 g/mol. The zero-order valence-electron chi connectivity index (χ0n) is 11.3. The molecule has 2 aromatic rings. The van der Waals surface area contributed by atoms with Gasteiger partial charge >= 0.3 is 0 Å². The Kier molecular flexibility index (Phi) is 4.24. The first-order valence-electron chi connectivity index (χ1n) is 6.98. The maximum atomic E-state index is 6.00. The van der Waals surface area contributed by atoms with E-state index in [1.54, 1.807) is 0 Å². The summed E-state index contributed by atoms with van der Waals surface area (Å²) in [4.78, 5) is 2.44. The van der Waals surface area contributed by atoms with Gasteiger partial charge in [0.25, 0.3) is 0 Å². The van der Waals surface area contributed by atoms with Gasteiger partial charge in [-0.25, -0.2) is 0 Å². The van der Waals surface area contributed by atoms with Gasteiger partial charge in [0, 0.05) is 24.7 Å². The van der Waals surface area contributed by atoms with Crippen molar-refractivity contribution in [3.63, 3.8) is 0 Å². The third-order valence-electron chi connectivity index (χ3n) is 3.59. The van der Waals surface area contributed by atoms with E-state index in [1.807, 2.05) is 24.3 Å². The molecule has 0 spiro atoms. The Bertz CT molecular complexity index is 541. The van der Waals surface area contributed by atoms with E-state index in [9.17, 15) is 0 Å². The Labute approximate surface area is 124 Å².